The van der Waals surface area contributed by atoms with Crippen molar-refractivity contribution in [3.63, 3.8) is 0 Å². The summed E-state index contributed by atoms with van der Waals surface area (Å²) in [6, 6.07) is 12.2. The van der Waals surface area contributed by atoms with E-state index in [9.17, 15) is 4.79 Å². The molecule has 3 aromatic heterocycles. The van der Waals surface area contributed by atoms with Crippen LogP contribution in [0, 0.1) is 0 Å². The number of nitrogens with one attached hydrogen (secondary N) is 1. The lowest BCUT2D eigenvalue weighted by atomic mass is 10.0. The summed E-state index contributed by atoms with van der Waals surface area (Å²) < 4.78 is 3.82. The van der Waals surface area contributed by atoms with Crippen LogP contribution in [-0.2, 0) is 13.0 Å². The molecule has 1 unspecified atom stereocenters. The molecule has 8 heteroatoms. The van der Waals surface area contributed by atoms with Gasteiger partial charge in [0.2, 0.25) is 0 Å². The number of nitrogens with zero attached hydrogens (tertiary/aromatic N) is 6. The molecule has 0 aliphatic carbocycles. The van der Waals surface area contributed by atoms with E-state index in [0.717, 1.165) is 53.8 Å². The molecule has 172 valence electrons. The minimum atomic E-state index is 0.0738. The Balaban J connectivity index is 1.61. The molecule has 1 atom stereocenters. The lowest BCUT2D eigenvalue weighted by molar-refractivity contribution is 0.504. The van der Waals surface area contributed by atoms with Gasteiger partial charge >= 0.3 is 5.69 Å². The highest BCUT2D eigenvalue weighted by Gasteiger charge is 2.16. The van der Waals surface area contributed by atoms with Crippen LogP contribution >= 0.6 is 0 Å². The van der Waals surface area contributed by atoms with Gasteiger partial charge in [0.25, 0.3) is 0 Å². The fourth-order valence-electron chi connectivity index (χ4n) is 4.04. The molecule has 3 heterocycles. The highest BCUT2D eigenvalue weighted by Crippen LogP contribution is 2.27. The van der Waals surface area contributed by atoms with Crippen LogP contribution in [0.25, 0.3) is 22.6 Å². The topological polar surface area (TPSA) is 94.3 Å². The highest BCUT2D eigenvalue weighted by atomic mass is 16.1. The van der Waals surface area contributed by atoms with Gasteiger partial charge in [0, 0.05) is 35.3 Å². The number of hydrogen-bond acceptors (Lipinski definition) is 5. The van der Waals surface area contributed by atoms with E-state index < -0.39 is 0 Å². The standard InChI is InChI=1S/C25H31N7O/c1-4-6-7-9-21-17-31(18(3)5-2)25(33)32(21)16-19-11-13-20(14-12-19)23-22(10-8-15-26-23)24-27-29-30-28-24/h8,10-15,17-18H,4-7,9,16H2,1-3H3,(H,27,28,29,30). The summed E-state index contributed by atoms with van der Waals surface area (Å²) in [5, 5.41) is 14.2. The van der Waals surface area contributed by atoms with Gasteiger partial charge in [0.15, 0.2) is 5.82 Å². The smallest absolute Gasteiger partial charge is 0.296 e. The highest BCUT2D eigenvalue weighted by molar-refractivity contribution is 5.76. The van der Waals surface area contributed by atoms with Crippen molar-refractivity contribution < 1.29 is 0 Å². The molecule has 0 saturated heterocycles. The molecule has 0 amide bonds. The lowest BCUT2D eigenvalue weighted by Gasteiger charge is -2.10. The van der Waals surface area contributed by atoms with Gasteiger partial charge in [-0.25, -0.2) is 9.89 Å². The second-order valence-electron chi connectivity index (χ2n) is 8.46. The SMILES string of the molecule is CCCCCc1cn(C(C)CC)c(=O)n1Cc1ccc(-c2ncccc2-c2nnn[nH]2)cc1. The fraction of sp³-hybridized carbons (Fsp3) is 0.400. The van der Waals surface area contributed by atoms with Gasteiger partial charge < -0.3 is 0 Å². The lowest BCUT2D eigenvalue weighted by Crippen LogP contribution is -2.27. The number of aryl methyl sites for hydroxylation is 1. The number of hydrogen-bond donors (Lipinski definition) is 1. The number of rotatable bonds is 10. The van der Waals surface area contributed by atoms with E-state index in [0.29, 0.717) is 12.4 Å². The molecule has 1 aromatic carbocycles. The van der Waals surface area contributed by atoms with E-state index >= 15 is 0 Å². The van der Waals surface area contributed by atoms with Crippen LogP contribution in [0.2, 0.25) is 0 Å². The van der Waals surface area contributed by atoms with E-state index in [4.69, 9.17) is 0 Å². The third-order valence-corrected chi connectivity index (χ3v) is 6.16. The molecule has 1 N–H and O–H groups in total. The average Bonchev–Trinajstić information content (AvgIpc) is 3.49. The van der Waals surface area contributed by atoms with Crippen LogP contribution in [0.5, 0.6) is 0 Å². The molecule has 0 aliphatic heterocycles. The predicted octanol–water partition coefficient (Wildman–Crippen LogP) is 4.64. The zero-order chi connectivity index (χ0) is 23.2. The van der Waals surface area contributed by atoms with Gasteiger partial charge in [-0.3, -0.25) is 14.1 Å². The van der Waals surface area contributed by atoms with Crippen molar-refractivity contribution in [1.82, 2.24) is 34.7 Å². The molecule has 8 nitrogen and oxygen atoms in total. The van der Waals surface area contributed by atoms with Crippen LogP contribution in [-0.4, -0.2) is 34.7 Å². The van der Waals surface area contributed by atoms with Gasteiger partial charge in [0.05, 0.1) is 12.2 Å². The zero-order valence-corrected chi connectivity index (χ0v) is 19.5. The maximum atomic E-state index is 13.2. The average molecular weight is 446 g/mol. The Kier molecular flexibility index (Phi) is 7.12. The summed E-state index contributed by atoms with van der Waals surface area (Å²) in [7, 11) is 0. The number of tetrazole rings is 1. The molecular formula is C25H31N7O. The van der Waals surface area contributed by atoms with Crippen molar-refractivity contribution in [3.8, 4) is 22.6 Å². The van der Waals surface area contributed by atoms with E-state index in [1.165, 1.54) is 6.42 Å². The van der Waals surface area contributed by atoms with Crippen molar-refractivity contribution >= 4 is 0 Å². The van der Waals surface area contributed by atoms with Crippen LogP contribution in [0.4, 0.5) is 0 Å². The molecule has 33 heavy (non-hydrogen) atoms. The van der Waals surface area contributed by atoms with Gasteiger partial charge in [-0.15, -0.1) is 5.10 Å². The quantitative estimate of drug-likeness (QED) is 0.359. The predicted molar refractivity (Wildman–Crippen MR) is 129 cm³/mol. The largest absolute Gasteiger partial charge is 0.328 e. The monoisotopic (exact) mass is 445 g/mol. The maximum absolute atomic E-state index is 13.2. The number of unbranched alkanes of at least 4 members (excludes halogenated alkanes) is 2. The van der Waals surface area contributed by atoms with Crippen molar-refractivity contribution in [2.24, 2.45) is 0 Å². The van der Waals surface area contributed by atoms with Gasteiger partial charge in [-0.2, -0.15) is 0 Å². The molecule has 0 spiro atoms. The molecule has 0 saturated carbocycles. The molecule has 0 radical (unpaired) electrons. The number of pyridine rings is 1. The second-order valence-corrected chi connectivity index (χ2v) is 8.46. The van der Waals surface area contributed by atoms with E-state index in [1.807, 2.05) is 33.4 Å². The number of benzene rings is 1. The number of H-pyrrole nitrogens is 1. The van der Waals surface area contributed by atoms with Crippen LogP contribution < -0.4 is 5.69 Å². The van der Waals surface area contributed by atoms with Crippen molar-refractivity contribution in [3.05, 3.63) is 70.5 Å². The Morgan fingerprint density at radius 3 is 2.61 bits per heavy atom. The fourth-order valence-corrected chi connectivity index (χ4v) is 4.04. The summed E-state index contributed by atoms with van der Waals surface area (Å²) in [4.78, 5) is 17.7. The molecule has 4 aromatic rings. The summed E-state index contributed by atoms with van der Waals surface area (Å²) in [5.74, 6) is 0.580. The maximum Gasteiger partial charge on any atom is 0.328 e. The summed E-state index contributed by atoms with van der Waals surface area (Å²) in [6.45, 7) is 6.98. The Hall–Kier alpha value is -3.55. The molecule has 0 bridgehead atoms. The first-order valence-corrected chi connectivity index (χ1v) is 11.7. The van der Waals surface area contributed by atoms with Crippen molar-refractivity contribution in [2.45, 2.75) is 65.5 Å². The Labute approximate surface area is 193 Å². The van der Waals surface area contributed by atoms with Crippen LogP contribution in [0.3, 0.4) is 0 Å². The van der Waals surface area contributed by atoms with Crippen molar-refractivity contribution in [2.75, 3.05) is 0 Å². The van der Waals surface area contributed by atoms with E-state index in [1.54, 1.807) is 6.20 Å². The number of aromatic nitrogens is 7. The van der Waals surface area contributed by atoms with E-state index in [2.05, 4.69) is 64.7 Å². The van der Waals surface area contributed by atoms with Gasteiger partial charge in [-0.05, 0) is 54.3 Å². The first-order chi connectivity index (χ1) is 16.1. The zero-order valence-electron chi connectivity index (χ0n) is 19.5. The Morgan fingerprint density at radius 1 is 1.09 bits per heavy atom. The summed E-state index contributed by atoms with van der Waals surface area (Å²) >= 11 is 0. The Bertz CT molecular complexity index is 1220. The Morgan fingerprint density at radius 2 is 1.91 bits per heavy atom. The van der Waals surface area contributed by atoms with Crippen LogP contribution in [0.15, 0.2) is 53.6 Å². The first kappa shape index (κ1) is 22.6. The van der Waals surface area contributed by atoms with Crippen molar-refractivity contribution in [1.29, 1.82) is 0 Å². The first-order valence-electron chi connectivity index (χ1n) is 11.7. The number of imidazole rings is 1. The molecule has 0 aliphatic rings. The third-order valence-electron chi connectivity index (χ3n) is 6.16. The van der Waals surface area contributed by atoms with Gasteiger partial charge in [-0.1, -0.05) is 51.0 Å². The van der Waals surface area contributed by atoms with Gasteiger partial charge in [0.1, 0.15) is 0 Å². The molecule has 0 fully saturated rings. The normalized spacial score (nSPS) is 12.2. The third kappa shape index (κ3) is 4.94. The van der Waals surface area contributed by atoms with Crippen LogP contribution in [0.1, 0.15) is 63.8 Å². The second kappa shape index (κ2) is 10.4. The minimum Gasteiger partial charge on any atom is -0.296 e. The summed E-state index contributed by atoms with van der Waals surface area (Å²) in [6.07, 6.45) is 9.11. The minimum absolute atomic E-state index is 0.0738. The molecule has 4 rings (SSSR count). The summed E-state index contributed by atoms with van der Waals surface area (Å²) in [5.41, 5.74) is 4.89. The number of aromatic amines is 1. The van der Waals surface area contributed by atoms with E-state index in [-0.39, 0.29) is 11.7 Å². The molecular weight excluding hydrogens is 414 g/mol.